The van der Waals surface area contributed by atoms with Crippen LogP contribution in [-0.4, -0.2) is 83.1 Å². The van der Waals surface area contributed by atoms with Gasteiger partial charge in [-0.15, -0.1) is 0 Å². The predicted octanol–water partition coefficient (Wildman–Crippen LogP) is 4.52. The Morgan fingerprint density at radius 2 is 1.71 bits per heavy atom. The second-order valence-electron chi connectivity index (χ2n) is 10.6. The highest BCUT2D eigenvalue weighted by molar-refractivity contribution is 5.96. The molecule has 2 aliphatic rings. The molecule has 0 radical (unpaired) electrons. The molecule has 1 saturated carbocycles. The minimum Gasteiger partial charge on any atom is -0.379 e. The Labute approximate surface area is 238 Å². The molecule has 0 bridgehead atoms. The van der Waals surface area contributed by atoms with Crippen molar-refractivity contribution in [3.8, 4) is 0 Å². The quantitative estimate of drug-likeness (QED) is 0.342. The van der Waals surface area contributed by atoms with E-state index in [9.17, 15) is 22.8 Å². The number of rotatable bonds is 11. The molecule has 218 valence electrons. The normalized spacial score (nSPS) is 16.0. The first-order valence-electron chi connectivity index (χ1n) is 14.0. The van der Waals surface area contributed by atoms with Gasteiger partial charge in [0.15, 0.2) is 0 Å². The highest BCUT2D eigenvalue weighted by Gasteiger charge is 2.35. The summed E-state index contributed by atoms with van der Waals surface area (Å²) in [5.41, 5.74) is 1.17. The van der Waals surface area contributed by atoms with E-state index < -0.39 is 17.6 Å². The Morgan fingerprint density at radius 3 is 2.41 bits per heavy atom. The van der Waals surface area contributed by atoms with Crippen LogP contribution in [0.2, 0.25) is 0 Å². The van der Waals surface area contributed by atoms with E-state index in [0.29, 0.717) is 45.9 Å². The van der Waals surface area contributed by atoms with Gasteiger partial charge in [-0.25, -0.2) is 0 Å². The number of hydrogen-bond acceptors (Lipinski definition) is 4. The lowest BCUT2D eigenvalue weighted by Gasteiger charge is -2.31. The molecule has 0 spiro atoms. The summed E-state index contributed by atoms with van der Waals surface area (Å²) < 4.78 is 47.7. The van der Waals surface area contributed by atoms with Crippen LogP contribution in [-0.2, 0) is 28.8 Å². The molecule has 2 fully saturated rings. The zero-order valence-electron chi connectivity index (χ0n) is 22.9. The van der Waals surface area contributed by atoms with Crippen molar-refractivity contribution in [3.63, 3.8) is 0 Å². The van der Waals surface area contributed by atoms with E-state index in [1.165, 1.54) is 17.0 Å². The summed E-state index contributed by atoms with van der Waals surface area (Å²) in [4.78, 5) is 32.7. The second kappa shape index (κ2) is 12.9. The van der Waals surface area contributed by atoms with Gasteiger partial charge in [-0.1, -0.05) is 36.4 Å². The van der Waals surface area contributed by atoms with Crippen molar-refractivity contribution in [1.29, 1.82) is 0 Å². The minimum absolute atomic E-state index is 0.0793. The highest BCUT2D eigenvalue weighted by Crippen LogP contribution is 2.31. The molecule has 41 heavy (non-hydrogen) atoms. The van der Waals surface area contributed by atoms with Crippen LogP contribution in [0.15, 0.2) is 72.9 Å². The number of nitrogens with zero attached hydrogens (tertiary/aromatic N) is 4. The third kappa shape index (κ3) is 7.77. The van der Waals surface area contributed by atoms with Gasteiger partial charge in [-0.2, -0.15) is 13.2 Å². The third-order valence-electron chi connectivity index (χ3n) is 7.60. The Kier molecular flexibility index (Phi) is 9.09. The molecule has 2 heterocycles. The van der Waals surface area contributed by atoms with Gasteiger partial charge in [-0.05, 0) is 48.7 Å². The number of morpholine rings is 1. The van der Waals surface area contributed by atoms with Crippen LogP contribution in [0.25, 0.3) is 0 Å². The third-order valence-corrected chi connectivity index (χ3v) is 7.60. The lowest BCUT2D eigenvalue weighted by molar-refractivity contribution is -0.137. The highest BCUT2D eigenvalue weighted by atomic mass is 19.4. The molecule has 1 aliphatic carbocycles. The molecule has 2 amide bonds. The molecule has 5 rings (SSSR count). The zero-order chi connectivity index (χ0) is 28.8. The number of carbonyl (C=O) groups is 2. The molecule has 10 heteroatoms. The maximum Gasteiger partial charge on any atom is 0.416 e. The first-order chi connectivity index (χ1) is 19.8. The molecule has 0 atom stereocenters. The largest absolute Gasteiger partial charge is 0.416 e. The number of ether oxygens (including phenoxy) is 1. The van der Waals surface area contributed by atoms with Crippen molar-refractivity contribution >= 4 is 11.8 Å². The smallest absolute Gasteiger partial charge is 0.379 e. The van der Waals surface area contributed by atoms with Gasteiger partial charge in [0, 0.05) is 56.2 Å². The van der Waals surface area contributed by atoms with Crippen LogP contribution in [0.4, 0.5) is 13.2 Å². The average Bonchev–Trinajstić information content (AvgIpc) is 3.73. The summed E-state index contributed by atoms with van der Waals surface area (Å²) in [7, 11) is 0. The van der Waals surface area contributed by atoms with Crippen molar-refractivity contribution in [2.24, 2.45) is 0 Å². The SMILES string of the molecule is O=C(c1cccc(C(F)(F)F)c1)N(CCN1CCOCC1)CC(=O)N(Cc1cccn1Cc1ccccc1)C1CC1. The standard InChI is InChI=1S/C31H35F3N4O3/c32-31(33,34)26-9-4-8-25(20-26)30(40)37(15-14-35-16-18-41-19-17-35)23-29(39)38(27-11-12-27)22-28-10-5-13-36(28)21-24-6-2-1-3-7-24/h1-10,13,20,27H,11-12,14-19,21-23H2. The summed E-state index contributed by atoms with van der Waals surface area (Å²) >= 11 is 0. The number of carbonyl (C=O) groups excluding carboxylic acids is 2. The van der Waals surface area contributed by atoms with E-state index in [0.717, 1.165) is 36.2 Å². The summed E-state index contributed by atoms with van der Waals surface area (Å²) in [6.07, 6.45) is -0.799. The summed E-state index contributed by atoms with van der Waals surface area (Å²) in [5.74, 6) is -0.789. The van der Waals surface area contributed by atoms with Crippen LogP contribution >= 0.6 is 0 Å². The molecule has 1 aromatic heterocycles. The fraction of sp³-hybridized carbons (Fsp3) is 0.419. The van der Waals surface area contributed by atoms with E-state index in [-0.39, 0.29) is 30.6 Å². The number of alkyl halides is 3. The fourth-order valence-corrected chi connectivity index (χ4v) is 5.11. The van der Waals surface area contributed by atoms with E-state index in [1.54, 1.807) is 0 Å². The van der Waals surface area contributed by atoms with Crippen molar-refractivity contribution in [1.82, 2.24) is 19.3 Å². The molecule has 2 aromatic carbocycles. The molecule has 0 N–H and O–H groups in total. The van der Waals surface area contributed by atoms with Gasteiger partial charge < -0.3 is 19.1 Å². The number of aromatic nitrogens is 1. The van der Waals surface area contributed by atoms with Gasteiger partial charge in [0.05, 0.1) is 25.3 Å². The average molecular weight is 569 g/mol. The van der Waals surface area contributed by atoms with Crippen LogP contribution < -0.4 is 0 Å². The first kappa shape index (κ1) is 28.9. The molecule has 1 aliphatic heterocycles. The van der Waals surface area contributed by atoms with Crippen molar-refractivity contribution < 1.29 is 27.5 Å². The summed E-state index contributed by atoms with van der Waals surface area (Å²) in [5, 5.41) is 0. The Bertz CT molecular complexity index is 1320. The molecule has 3 aromatic rings. The Morgan fingerprint density at radius 1 is 0.951 bits per heavy atom. The predicted molar refractivity (Wildman–Crippen MR) is 148 cm³/mol. The Hall–Kier alpha value is -3.63. The number of halogens is 3. The molecular weight excluding hydrogens is 533 g/mol. The van der Waals surface area contributed by atoms with Crippen LogP contribution in [0.5, 0.6) is 0 Å². The lowest BCUT2D eigenvalue weighted by atomic mass is 10.1. The van der Waals surface area contributed by atoms with Crippen molar-refractivity contribution in [2.45, 2.75) is 38.1 Å². The zero-order valence-corrected chi connectivity index (χ0v) is 22.9. The Balaban J connectivity index is 1.32. The summed E-state index contributed by atoms with van der Waals surface area (Å²) in [6.45, 7) is 4.17. The molecule has 1 saturated heterocycles. The van der Waals surface area contributed by atoms with E-state index in [1.807, 2.05) is 41.4 Å². The van der Waals surface area contributed by atoms with Gasteiger partial charge in [0.1, 0.15) is 6.54 Å². The van der Waals surface area contributed by atoms with Gasteiger partial charge in [-0.3, -0.25) is 14.5 Å². The number of hydrogen-bond donors (Lipinski definition) is 0. The van der Waals surface area contributed by atoms with Crippen molar-refractivity contribution in [3.05, 3.63) is 95.3 Å². The second-order valence-corrected chi connectivity index (χ2v) is 10.6. The molecule has 0 unspecified atom stereocenters. The van der Waals surface area contributed by atoms with Crippen molar-refractivity contribution in [2.75, 3.05) is 45.9 Å². The molecular formula is C31H35F3N4O3. The van der Waals surface area contributed by atoms with Gasteiger partial charge in [0.2, 0.25) is 5.91 Å². The maximum atomic E-state index is 13.8. The lowest BCUT2D eigenvalue weighted by Crippen LogP contribution is -2.47. The van der Waals surface area contributed by atoms with Crippen LogP contribution in [0, 0.1) is 0 Å². The van der Waals surface area contributed by atoms with Crippen LogP contribution in [0.1, 0.15) is 40.0 Å². The van der Waals surface area contributed by atoms with E-state index in [4.69, 9.17) is 4.74 Å². The summed E-state index contributed by atoms with van der Waals surface area (Å²) in [6, 6.07) is 18.5. The van der Waals surface area contributed by atoms with E-state index >= 15 is 0 Å². The van der Waals surface area contributed by atoms with E-state index in [2.05, 4.69) is 21.6 Å². The number of amides is 2. The van der Waals surface area contributed by atoms with Crippen LogP contribution in [0.3, 0.4) is 0 Å². The minimum atomic E-state index is -4.57. The monoisotopic (exact) mass is 568 g/mol. The fourth-order valence-electron chi connectivity index (χ4n) is 5.11. The first-order valence-corrected chi connectivity index (χ1v) is 14.0. The van der Waals surface area contributed by atoms with Gasteiger partial charge in [0.25, 0.3) is 5.91 Å². The topological polar surface area (TPSA) is 58.0 Å². The maximum absolute atomic E-state index is 13.8. The van der Waals surface area contributed by atoms with Gasteiger partial charge >= 0.3 is 6.18 Å². The number of benzene rings is 2. The molecule has 7 nitrogen and oxygen atoms in total.